The van der Waals surface area contributed by atoms with Gasteiger partial charge in [-0.2, -0.15) is 0 Å². The summed E-state index contributed by atoms with van der Waals surface area (Å²) in [6.07, 6.45) is 52.0. The first kappa shape index (κ1) is 57.6. The van der Waals surface area contributed by atoms with Crippen molar-refractivity contribution in [1.29, 1.82) is 0 Å². The fraction of sp³-hybridized carbons (Fsp3) is 0.600. The standard InChI is InChI=1S/C50H82NO9P/c1-6-8-10-11-12-13-14-15-16-17-18-19-20-21-24-28-31-34-38-42-50(54)60-48(46-59-61(55,56)58-44-43-51(3,4)5)45-57-49(53)41-37-33-30-27-25-22-23-26-29-32-36-40-47(52)39-35-9-7-2/h12-13,15-16,18-19,21-24,27,29-32,34,36,40,47-48,52H,6-11,14,17,20,25-26,28,33,35,37-39,41-46H2,1-5H3/p+1/b13-12-,16-15-,19-18-,23-22-,24-21-,30-27-,32-29-,34-31-,40-36+/t47-,48-/m1/s1. The minimum atomic E-state index is -4.43. The molecule has 3 atom stereocenters. The molecule has 0 bridgehead atoms. The van der Waals surface area contributed by atoms with Crippen molar-refractivity contribution in [3.8, 4) is 0 Å². The number of unbranched alkanes of at least 4 members (excludes halogenated alkanes) is 6. The van der Waals surface area contributed by atoms with Crippen molar-refractivity contribution in [1.82, 2.24) is 0 Å². The van der Waals surface area contributed by atoms with E-state index in [-0.39, 0.29) is 32.2 Å². The lowest BCUT2D eigenvalue weighted by Gasteiger charge is -2.24. The highest BCUT2D eigenvalue weighted by molar-refractivity contribution is 7.47. The first-order chi connectivity index (χ1) is 29.4. The number of esters is 2. The van der Waals surface area contributed by atoms with Crippen LogP contribution in [0.2, 0.25) is 0 Å². The maximum Gasteiger partial charge on any atom is 0.472 e. The molecule has 1 unspecified atom stereocenters. The van der Waals surface area contributed by atoms with E-state index in [2.05, 4.69) is 74.6 Å². The Morgan fingerprint density at radius 3 is 1.66 bits per heavy atom. The molecule has 0 radical (unpaired) electrons. The summed E-state index contributed by atoms with van der Waals surface area (Å²) in [6.45, 7) is 4.07. The number of phosphoric ester groups is 1. The van der Waals surface area contributed by atoms with E-state index < -0.39 is 32.5 Å². The summed E-state index contributed by atoms with van der Waals surface area (Å²) < 4.78 is 34.1. The lowest BCUT2D eigenvalue weighted by atomic mass is 10.1. The van der Waals surface area contributed by atoms with Crippen molar-refractivity contribution >= 4 is 19.8 Å². The van der Waals surface area contributed by atoms with E-state index >= 15 is 0 Å². The van der Waals surface area contributed by atoms with Gasteiger partial charge in [0.1, 0.15) is 19.8 Å². The summed E-state index contributed by atoms with van der Waals surface area (Å²) in [5, 5.41) is 9.91. The number of rotatable bonds is 39. The number of hydrogen-bond acceptors (Lipinski definition) is 8. The van der Waals surface area contributed by atoms with Crippen molar-refractivity contribution < 1.29 is 47.2 Å². The molecule has 2 N–H and O–H groups in total. The van der Waals surface area contributed by atoms with Crippen molar-refractivity contribution in [2.24, 2.45) is 0 Å². The van der Waals surface area contributed by atoms with Gasteiger partial charge < -0.3 is 24.0 Å². The molecule has 0 rings (SSSR count). The van der Waals surface area contributed by atoms with Gasteiger partial charge in [-0.25, -0.2) is 4.57 Å². The van der Waals surface area contributed by atoms with Crippen molar-refractivity contribution in [2.75, 3.05) is 47.5 Å². The summed E-state index contributed by atoms with van der Waals surface area (Å²) in [5.74, 6) is -0.999. The molecule has 0 spiro atoms. The molecule has 0 aliphatic carbocycles. The van der Waals surface area contributed by atoms with E-state index in [0.717, 1.165) is 64.2 Å². The van der Waals surface area contributed by atoms with Gasteiger partial charge in [0.05, 0.1) is 33.9 Å². The van der Waals surface area contributed by atoms with Gasteiger partial charge in [0.15, 0.2) is 6.10 Å². The molecule has 61 heavy (non-hydrogen) atoms. The zero-order valence-electron chi connectivity index (χ0n) is 38.5. The van der Waals surface area contributed by atoms with Gasteiger partial charge in [0.2, 0.25) is 0 Å². The second-order valence-electron chi connectivity index (χ2n) is 15.9. The Kier molecular flexibility index (Phi) is 38.4. The average molecular weight is 873 g/mol. The van der Waals surface area contributed by atoms with Gasteiger partial charge in [-0.1, -0.05) is 155 Å². The van der Waals surface area contributed by atoms with Gasteiger partial charge in [-0.05, 0) is 77.0 Å². The summed E-state index contributed by atoms with van der Waals surface area (Å²) in [4.78, 5) is 35.3. The third-order valence-electron chi connectivity index (χ3n) is 8.89. The molecule has 10 nitrogen and oxygen atoms in total. The molecule has 0 saturated carbocycles. The Morgan fingerprint density at radius 1 is 0.590 bits per heavy atom. The van der Waals surface area contributed by atoms with Gasteiger partial charge in [0.25, 0.3) is 0 Å². The van der Waals surface area contributed by atoms with Crippen LogP contribution in [0.15, 0.2) is 109 Å². The van der Waals surface area contributed by atoms with E-state index in [4.69, 9.17) is 18.5 Å². The second-order valence-corrected chi connectivity index (χ2v) is 17.4. The summed E-state index contributed by atoms with van der Waals surface area (Å²) >= 11 is 0. The van der Waals surface area contributed by atoms with Gasteiger partial charge in [0, 0.05) is 12.8 Å². The molecule has 346 valence electrons. The van der Waals surface area contributed by atoms with E-state index in [1.165, 1.54) is 25.7 Å². The monoisotopic (exact) mass is 873 g/mol. The second kappa shape index (κ2) is 40.7. The number of ether oxygens (including phenoxy) is 2. The maximum atomic E-state index is 12.7. The van der Waals surface area contributed by atoms with Crippen LogP contribution in [-0.4, -0.2) is 86.1 Å². The Morgan fingerprint density at radius 2 is 1.10 bits per heavy atom. The maximum absolute atomic E-state index is 12.7. The highest BCUT2D eigenvalue weighted by atomic mass is 31.2. The summed E-state index contributed by atoms with van der Waals surface area (Å²) in [5.41, 5.74) is 0. The molecule has 0 aromatic heterocycles. The van der Waals surface area contributed by atoms with Gasteiger partial charge in [-0.3, -0.25) is 18.6 Å². The van der Waals surface area contributed by atoms with E-state index in [1.807, 2.05) is 69.8 Å². The molecule has 0 aliphatic rings. The zero-order valence-corrected chi connectivity index (χ0v) is 39.4. The fourth-order valence-corrected chi connectivity index (χ4v) is 6.02. The van der Waals surface area contributed by atoms with Crippen molar-refractivity contribution in [2.45, 2.75) is 148 Å². The van der Waals surface area contributed by atoms with E-state index in [0.29, 0.717) is 30.3 Å². The lowest BCUT2D eigenvalue weighted by Crippen LogP contribution is -2.37. The van der Waals surface area contributed by atoms with Crippen LogP contribution >= 0.6 is 7.82 Å². The Labute approximate surface area is 370 Å². The number of carbonyl (C=O) groups excluding carboxylic acids is 2. The molecule has 0 amide bonds. The SMILES string of the molecule is CCCCC/C=C\C/C=C\C/C=C\C/C=C\C/C=C\CCC(=O)O[C@H](COC(=O)CCC/C=C\C/C=C\C/C=C\C=C\[C@H](O)CCCCC)COP(=O)(O)OCC[N+](C)(C)C. The molecule has 0 aromatic rings. The molecule has 0 aromatic carbocycles. The van der Waals surface area contributed by atoms with Crippen LogP contribution in [0.3, 0.4) is 0 Å². The van der Waals surface area contributed by atoms with Crippen LogP contribution in [-0.2, 0) is 32.7 Å². The van der Waals surface area contributed by atoms with Crippen LogP contribution in [0.25, 0.3) is 0 Å². The topological polar surface area (TPSA) is 129 Å². The number of likely N-dealkylation sites (N-methyl/N-ethyl adjacent to an activating group) is 1. The lowest BCUT2D eigenvalue weighted by molar-refractivity contribution is -0.870. The largest absolute Gasteiger partial charge is 0.472 e. The number of phosphoric acid groups is 1. The van der Waals surface area contributed by atoms with Crippen LogP contribution in [0.5, 0.6) is 0 Å². The quantitative estimate of drug-likeness (QED) is 0.0155. The normalized spacial score (nSPS) is 15.1. The molecule has 11 heteroatoms. The zero-order chi connectivity index (χ0) is 45.1. The number of allylic oxidation sites excluding steroid dienone is 17. The van der Waals surface area contributed by atoms with Crippen LogP contribution in [0.1, 0.15) is 136 Å². The number of hydrogen-bond donors (Lipinski definition) is 2. The first-order valence-corrected chi connectivity index (χ1v) is 24.2. The summed E-state index contributed by atoms with van der Waals surface area (Å²) in [6, 6.07) is 0. The minimum absolute atomic E-state index is 0.00416. The molecule has 0 aliphatic heterocycles. The Hall–Kier alpha value is -3.37. The highest BCUT2D eigenvalue weighted by Crippen LogP contribution is 2.43. The van der Waals surface area contributed by atoms with Crippen LogP contribution < -0.4 is 0 Å². The first-order valence-electron chi connectivity index (χ1n) is 22.7. The summed E-state index contributed by atoms with van der Waals surface area (Å²) in [7, 11) is 1.36. The van der Waals surface area contributed by atoms with E-state index in [1.54, 1.807) is 0 Å². The highest BCUT2D eigenvalue weighted by Gasteiger charge is 2.27. The van der Waals surface area contributed by atoms with Gasteiger partial charge >= 0.3 is 19.8 Å². The van der Waals surface area contributed by atoms with Crippen molar-refractivity contribution in [3.05, 3.63) is 109 Å². The molecular weight excluding hydrogens is 790 g/mol. The third kappa shape index (κ3) is 44.5. The molecule has 0 saturated heterocycles. The fourth-order valence-electron chi connectivity index (χ4n) is 5.27. The molecule has 0 fully saturated rings. The Balaban J connectivity index is 4.63. The van der Waals surface area contributed by atoms with E-state index in [9.17, 15) is 24.2 Å². The van der Waals surface area contributed by atoms with Crippen molar-refractivity contribution in [3.63, 3.8) is 0 Å². The van der Waals surface area contributed by atoms with Gasteiger partial charge in [-0.15, -0.1) is 0 Å². The predicted molar refractivity (Wildman–Crippen MR) is 253 cm³/mol. The predicted octanol–water partition coefficient (Wildman–Crippen LogP) is 12.1. The number of aliphatic hydroxyl groups excluding tert-OH is 1. The average Bonchev–Trinajstić information content (AvgIpc) is 3.21. The third-order valence-corrected chi connectivity index (χ3v) is 9.88. The Bertz CT molecular complexity index is 1420. The number of aliphatic hydroxyl groups is 1. The number of carbonyl (C=O) groups is 2. The number of nitrogens with zero attached hydrogens (tertiary/aromatic N) is 1. The molecule has 0 heterocycles. The smallest absolute Gasteiger partial charge is 0.462 e. The molecular formula is C50H83NO9P+. The van der Waals surface area contributed by atoms with Crippen LogP contribution in [0.4, 0.5) is 0 Å². The minimum Gasteiger partial charge on any atom is -0.462 e. The van der Waals surface area contributed by atoms with Crippen LogP contribution in [0, 0.1) is 0 Å². The number of quaternary nitrogens is 1.